The summed E-state index contributed by atoms with van der Waals surface area (Å²) in [6.07, 6.45) is -5.34. The monoisotopic (exact) mass is 367 g/mol. The van der Waals surface area contributed by atoms with E-state index in [4.69, 9.17) is 9.47 Å². The zero-order chi connectivity index (χ0) is 18.8. The molecule has 0 amide bonds. The Labute approximate surface area is 149 Å². The molecular formula is C17H23N2O7+. The van der Waals surface area contributed by atoms with Crippen molar-refractivity contribution in [2.24, 2.45) is 0 Å². The molecule has 0 spiro atoms. The van der Waals surface area contributed by atoms with Crippen LogP contribution in [0.2, 0.25) is 0 Å². The number of hydrogen-bond acceptors (Lipinski definition) is 7. The lowest BCUT2D eigenvalue weighted by Gasteiger charge is -2.37. The van der Waals surface area contributed by atoms with E-state index in [1.165, 1.54) is 0 Å². The standard InChI is InChI=1S/C17H22N2O7/c18-10(5-8-6-19-11-4-2-1-3-9(8)11)16(23)25-7-12-13(20)14(21)15(22)17(24)26-12/h1-4,6,10,12-15,17,19-22,24H,5,7,18H2/p+1/t10-,12-,13-,14+,15+,17-/m0/s1. The van der Waals surface area contributed by atoms with Gasteiger partial charge in [-0.25, -0.2) is 4.79 Å². The van der Waals surface area contributed by atoms with E-state index in [1.54, 1.807) is 0 Å². The summed E-state index contributed by atoms with van der Waals surface area (Å²) in [5, 5.41) is 39.4. The molecule has 9 nitrogen and oxygen atoms in total. The highest BCUT2D eigenvalue weighted by Crippen LogP contribution is 2.21. The molecule has 26 heavy (non-hydrogen) atoms. The van der Waals surface area contributed by atoms with Crippen LogP contribution in [0.5, 0.6) is 0 Å². The predicted octanol–water partition coefficient (Wildman–Crippen LogP) is -2.34. The van der Waals surface area contributed by atoms with E-state index in [-0.39, 0.29) is 6.61 Å². The molecular weight excluding hydrogens is 344 g/mol. The number of aliphatic hydroxyl groups is 4. The number of quaternary nitrogens is 1. The number of aromatic amines is 1. The SMILES string of the molecule is [NH3+][C@@H](Cc1c[nH]c2ccccc12)C(=O)OC[C@@H]1O[C@H](O)[C@H](O)[C@H](O)[C@H]1O. The second kappa shape index (κ2) is 7.70. The van der Waals surface area contributed by atoms with Crippen molar-refractivity contribution in [3.63, 3.8) is 0 Å². The van der Waals surface area contributed by atoms with Crippen molar-refractivity contribution >= 4 is 16.9 Å². The van der Waals surface area contributed by atoms with Crippen LogP contribution in [0.15, 0.2) is 30.5 Å². The van der Waals surface area contributed by atoms with Crippen molar-refractivity contribution in [1.29, 1.82) is 0 Å². The van der Waals surface area contributed by atoms with Crippen LogP contribution in [0, 0.1) is 0 Å². The number of esters is 1. The van der Waals surface area contributed by atoms with Gasteiger partial charge in [0.1, 0.15) is 31.0 Å². The Bertz CT molecular complexity index is 764. The summed E-state index contributed by atoms with van der Waals surface area (Å²) < 4.78 is 10.1. The number of fused-ring (bicyclic) bond motifs is 1. The first-order valence-corrected chi connectivity index (χ1v) is 8.31. The van der Waals surface area contributed by atoms with Crippen molar-refractivity contribution in [3.05, 3.63) is 36.0 Å². The van der Waals surface area contributed by atoms with E-state index in [9.17, 15) is 25.2 Å². The highest BCUT2D eigenvalue weighted by atomic mass is 16.6. The molecule has 1 saturated heterocycles. The van der Waals surface area contributed by atoms with E-state index in [2.05, 4.69) is 10.7 Å². The number of ether oxygens (including phenoxy) is 2. The van der Waals surface area contributed by atoms with Gasteiger partial charge in [-0.1, -0.05) is 18.2 Å². The molecule has 0 saturated carbocycles. The summed E-state index contributed by atoms with van der Waals surface area (Å²) in [7, 11) is 0. The summed E-state index contributed by atoms with van der Waals surface area (Å²) in [4.78, 5) is 15.3. The second-order valence-corrected chi connectivity index (χ2v) is 6.43. The van der Waals surface area contributed by atoms with Crippen molar-refractivity contribution in [2.45, 2.75) is 43.2 Å². The smallest absolute Gasteiger partial charge is 0.365 e. The maximum absolute atomic E-state index is 12.2. The summed E-state index contributed by atoms with van der Waals surface area (Å²) in [5.41, 5.74) is 5.71. The molecule has 1 aliphatic heterocycles. The van der Waals surface area contributed by atoms with Gasteiger partial charge < -0.3 is 40.6 Å². The number of aromatic nitrogens is 1. The lowest BCUT2D eigenvalue weighted by atomic mass is 9.99. The van der Waals surface area contributed by atoms with Gasteiger partial charge in [0.15, 0.2) is 12.3 Å². The van der Waals surface area contributed by atoms with Gasteiger partial charge in [0.2, 0.25) is 0 Å². The molecule has 1 fully saturated rings. The Morgan fingerprint density at radius 2 is 1.92 bits per heavy atom. The summed E-state index contributed by atoms with van der Waals surface area (Å²) >= 11 is 0. The Morgan fingerprint density at radius 1 is 1.19 bits per heavy atom. The molecule has 1 aliphatic rings. The Kier molecular flexibility index (Phi) is 5.56. The quantitative estimate of drug-likeness (QED) is 0.323. The van der Waals surface area contributed by atoms with Gasteiger partial charge in [-0.3, -0.25) is 0 Å². The second-order valence-electron chi connectivity index (χ2n) is 6.43. The van der Waals surface area contributed by atoms with Crippen LogP contribution in [0.25, 0.3) is 10.9 Å². The fourth-order valence-electron chi connectivity index (χ4n) is 3.00. The maximum Gasteiger partial charge on any atom is 0.365 e. The molecule has 3 rings (SSSR count). The average molecular weight is 367 g/mol. The van der Waals surface area contributed by atoms with Gasteiger partial charge in [-0.2, -0.15) is 0 Å². The minimum Gasteiger partial charge on any atom is -0.458 e. The fraction of sp³-hybridized carbons (Fsp3) is 0.471. The van der Waals surface area contributed by atoms with Crippen LogP contribution in [-0.4, -0.2) is 74.7 Å². The third-order valence-electron chi connectivity index (χ3n) is 4.55. The third-order valence-corrected chi connectivity index (χ3v) is 4.55. The number of rotatable bonds is 5. The highest BCUT2D eigenvalue weighted by molar-refractivity contribution is 5.84. The van der Waals surface area contributed by atoms with Crippen LogP contribution in [-0.2, 0) is 20.7 Å². The van der Waals surface area contributed by atoms with Crippen LogP contribution in [0.1, 0.15) is 5.56 Å². The predicted molar refractivity (Wildman–Crippen MR) is 88.5 cm³/mol. The molecule has 1 aromatic heterocycles. The van der Waals surface area contributed by atoms with Crippen molar-refractivity contribution in [2.75, 3.05) is 6.61 Å². The van der Waals surface area contributed by atoms with Gasteiger partial charge >= 0.3 is 5.97 Å². The van der Waals surface area contributed by atoms with Crippen LogP contribution < -0.4 is 5.73 Å². The van der Waals surface area contributed by atoms with E-state index in [0.717, 1.165) is 16.5 Å². The van der Waals surface area contributed by atoms with Crippen molar-refractivity contribution < 1.29 is 40.4 Å². The van der Waals surface area contributed by atoms with Gasteiger partial charge in [0, 0.05) is 23.5 Å². The molecule has 1 aromatic carbocycles. The molecule has 0 aliphatic carbocycles. The average Bonchev–Trinajstić information content (AvgIpc) is 3.04. The van der Waals surface area contributed by atoms with E-state index >= 15 is 0 Å². The van der Waals surface area contributed by atoms with Gasteiger partial charge in [-0.15, -0.1) is 0 Å². The van der Waals surface area contributed by atoms with Crippen LogP contribution >= 0.6 is 0 Å². The number of carbonyl (C=O) groups is 1. The molecule has 9 heteroatoms. The first-order valence-electron chi connectivity index (χ1n) is 8.31. The molecule has 142 valence electrons. The molecule has 8 N–H and O–H groups in total. The number of benzene rings is 1. The van der Waals surface area contributed by atoms with Crippen LogP contribution in [0.3, 0.4) is 0 Å². The number of aliphatic hydroxyl groups excluding tert-OH is 4. The number of hydrogen-bond donors (Lipinski definition) is 6. The molecule has 0 unspecified atom stereocenters. The fourth-order valence-corrected chi connectivity index (χ4v) is 3.00. The van der Waals surface area contributed by atoms with E-state index in [0.29, 0.717) is 6.42 Å². The zero-order valence-corrected chi connectivity index (χ0v) is 14.0. The number of para-hydroxylation sites is 1. The number of carbonyl (C=O) groups excluding carboxylic acids is 1. The van der Waals surface area contributed by atoms with Gasteiger partial charge in [0.05, 0.1) is 0 Å². The third kappa shape index (κ3) is 3.73. The van der Waals surface area contributed by atoms with E-state index < -0.39 is 42.7 Å². The first-order chi connectivity index (χ1) is 12.4. The Morgan fingerprint density at radius 3 is 2.69 bits per heavy atom. The summed E-state index contributed by atoms with van der Waals surface area (Å²) in [6, 6.07) is 7.01. The lowest BCUT2D eigenvalue weighted by molar-refractivity contribution is -0.408. The normalized spacial score (nSPS) is 30.3. The first kappa shape index (κ1) is 18.8. The van der Waals surface area contributed by atoms with Crippen LogP contribution in [0.4, 0.5) is 0 Å². The van der Waals surface area contributed by atoms with Gasteiger partial charge in [0.25, 0.3) is 0 Å². The van der Waals surface area contributed by atoms with Crippen molar-refractivity contribution in [1.82, 2.24) is 4.98 Å². The molecule has 6 atom stereocenters. The molecule has 0 radical (unpaired) electrons. The summed E-state index contributed by atoms with van der Waals surface area (Å²) in [5.74, 6) is -0.596. The Hall–Kier alpha value is -2.01. The minimum atomic E-state index is -1.67. The van der Waals surface area contributed by atoms with Gasteiger partial charge in [-0.05, 0) is 11.6 Å². The van der Waals surface area contributed by atoms with E-state index in [1.807, 2.05) is 30.5 Å². The van der Waals surface area contributed by atoms with Crippen molar-refractivity contribution in [3.8, 4) is 0 Å². The zero-order valence-electron chi connectivity index (χ0n) is 14.0. The molecule has 2 aromatic rings. The molecule has 0 bridgehead atoms. The topological polar surface area (TPSA) is 160 Å². The number of H-pyrrole nitrogens is 1. The Balaban J connectivity index is 1.56. The summed E-state index contributed by atoms with van der Waals surface area (Å²) in [6.45, 7) is -0.374. The maximum atomic E-state index is 12.2. The largest absolute Gasteiger partial charge is 0.458 e. The highest BCUT2D eigenvalue weighted by Gasteiger charge is 2.43. The molecule has 2 heterocycles. The minimum absolute atomic E-state index is 0.362. The number of nitrogens with one attached hydrogen (secondary N) is 1. The lowest BCUT2D eigenvalue weighted by Crippen LogP contribution is -2.66.